The first kappa shape index (κ1) is 27.2. The molecule has 210 valence electrons. The standard InChI is InChI=1S/C41H31N3/c1-42-40(36-17-10-16-33(25-36)34-23-24-39-37(26-34)27-35-15-8-9-18-38(35)39)44-41(32-13-6-3-7-14-32)43-28-29-19-21-31(22-20-29)30-11-4-2-5-12-30/h2-26H,1,27-28H2. The molecule has 44 heavy (non-hydrogen) atoms. The van der Waals surface area contributed by atoms with Gasteiger partial charge >= 0.3 is 0 Å². The number of benzene rings is 6. The van der Waals surface area contributed by atoms with Crippen LogP contribution in [0.15, 0.2) is 167 Å². The van der Waals surface area contributed by atoms with E-state index in [9.17, 15) is 0 Å². The minimum atomic E-state index is 0.505. The van der Waals surface area contributed by atoms with Gasteiger partial charge in [0.1, 0.15) is 0 Å². The molecule has 0 spiro atoms. The molecule has 0 unspecified atom stereocenters. The first-order valence-corrected chi connectivity index (χ1v) is 14.9. The second kappa shape index (κ2) is 12.3. The summed E-state index contributed by atoms with van der Waals surface area (Å²) in [5.74, 6) is 1.17. The van der Waals surface area contributed by atoms with E-state index in [-0.39, 0.29) is 0 Å². The zero-order valence-electron chi connectivity index (χ0n) is 24.4. The lowest BCUT2D eigenvalue weighted by Gasteiger charge is -2.09. The molecule has 7 rings (SSSR count). The van der Waals surface area contributed by atoms with Gasteiger partial charge in [0, 0.05) is 11.1 Å². The molecule has 0 radical (unpaired) electrons. The fraction of sp³-hybridized carbons (Fsp3) is 0.0488. The second-order valence-electron chi connectivity index (χ2n) is 10.9. The summed E-state index contributed by atoms with van der Waals surface area (Å²) in [7, 11) is 0. The SMILES string of the molecule is C=NC(=NC(=NCc1ccc(-c2ccccc2)cc1)c1ccccc1)c1cccc(-c2ccc3c(c2)Cc2ccccc2-3)c1. The van der Waals surface area contributed by atoms with Crippen molar-refractivity contribution in [2.24, 2.45) is 15.0 Å². The molecule has 0 atom stereocenters. The Morgan fingerprint density at radius 3 is 1.91 bits per heavy atom. The summed E-state index contributed by atoms with van der Waals surface area (Å²) < 4.78 is 0. The summed E-state index contributed by atoms with van der Waals surface area (Å²) in [5, 5.41) is 0. The predicted octanol–water partition coefficient (Wildman–Crippen LogP) is 9.69. The molecular formula is C41H31N3. The third kappa shape index (κ3) is 5.68. The summed E-state index contributed by atoms with van der Waals surface area (Å²) in [6, 6.07) is 52.8. The molecule has 3 heteroatoms. The molecule has 0 amide bonds. The number of aliphatic imine (C=N–C) groups is 3. The summed E-state index contributed by atoms with van der Waals surface area (Å²) in [6.07, 6.45) is 0.964. The normalized spacial score (nSPS) is 12.5. The Bertz CT molecular complexity index is 2000. The van der Waals surface area contributed by atoms with E-state index in [0.717, 1.165) is 28.7 Å². The number of rotatable bonds is 6. The van der Waals surface area contributed by atoms with Crippen LogP contribution in [0.4, 0.5) is 0 Å². The van der Waals surface area contributed by atoms with E-state index in [4.69, 9.17) is 9.98 Å². The topological polar surface area (TPSA) is 37.1 Å². The number of fused-ring (bicyclic) bond motifs is 3. The minimum Gasteiger partial charge on any atom is -0.261 e. The van der Waals surface area contributed by atoms with Gasteiger partial charge in [0.15, 0.2) is 11.7 Å². The third-order valence-corrected chi connectivity index (χ3v) is 8.11. The van der Waals surface area contributed by atoms with Crippen LogP contribution in [0.5, 0.6) is 0 Å². The zero-order chi connectivity index (χ0) is 29.7. The Morgan fingerprint density at radius 1 is 0.500 bits per heavy atom. The smallest absolute Gasteiger partial charge is 0.161 e. The molecule has 0 aromatic heterocycles. The lowest BCUT2D eigenvalue weighted by Crippen LogP contribution is -2.05. The quantitative estimate of drug-likeness (QED) is 0.142. The highest BCUT2D eigenvalue weighted by atomic mass is 15.0. The highest BCUT2D eigenvalue weighted by Gasteiger charge is 2.18. The largest absolute Gasteiger partial charge is 0.261 e. The molecular weight excluding hydrogens is 534 g/mol. The Morgan fingerprint density at radius 2 is 1.11 bits per heavy atom. The molecule has 6 aromatic carbocycles. The van der Waals surface area contributed by atoms with Crippen molar-refractivity contribution in [2.45, 2.75) is 13.0 Å². The minimum absolute atomic E-state index is 0.505. The summed E-state index contributed by atoms with van der Waals surface area (Å²) in [6.45, 7) is 4.38. The van der Waals surface area contributed by atoms with Crippen molar-refractivity contribution in [1.29, 1.82) is 0 Å². The molecule has 0 fully saturated rings. The van der Waals surface area contributed by atoms with Gasteiger partial charge in [-0.25, -0.2) is 9.98 Å². The van der Waals surface area contributed by atoms with E-state index in [1.165, 1.54) is 38.9 Å². The van der Waals surface area contributed by atoms with Gasteiger partial charge < -0.3 is 0 Å². The third-order valence-electron chi connectivity index (χ3n) is 8.11. The van der Waals surface area contributed by atoms with Crippen LogP contribution in [0.2, 0.25) is 0 Å². The summed E-state index contributed by atoms with van der Waals surface area (Å²) in [5.41, 5.74) is 13.0. The molecule has 6 aromatic rings. The van der Waals surface area contributed by atoms with E-state index in [1.807, 2.05) is 42.5 Å². The summed E-state index contributed by atoms with van der Waals surface area (Å²) in [4.78, 5) is 14.3. The van der Waals surface area contributed by atoms with Gasteiger partial charge in [-0.3, -0.25) is 4.99 Å². The van der Waals surface area contributed by atoms with Crippen LogP contribution in [0.1, 0.15) is 27.8 Å². The highest BCUT2D eigenvalue weighted by molar-refractivity contribution is 6.13. The number of hydrogen-bond donors (Lipinski definition) is 0. The van der Waals surface area contributed by atoms with Crippen molar-refractivity contribution in [2.75, 3.05) is 0 Å². The summed E-state index contributed by atoms with van der Waals surface area (Å²) >= 11 is 0. The lowest BCUT2D eigenvalue weighted by atomic mass is 9.98. The number of nitrogens with zero attached hydrogens (tertiary/aromatic N) is 3. The highest BCUT2D eigenvalue weighted by Crippen LogP contribution is 2.38. The first-order valence-electron chi connectivity index (χ1n) is 14.9. The van der Waals surface area contributed by atoms with Gasteiger partial charge in [-0.2, -0.15) is 0 Å². The lowest BCUT2D eigenvalue weighted by molar-refractivity contribution is 1.06. The maximum absolute atomic E-state index is 4.97. The van der Waals surface area contributed by atoms with Crippen molar-refractivity contribution in [3.05, 3.63) is 179 Å². The Balaban J connectivity index is 1.18. The maximum atomic E-state index is 4.97. The maximum Gasteiger partial charge on any atom is 0.161 e. The zero-order valence-corrected chi connectivity index (χ0v) is 24.4. The van der Waals surface area contributed by atoms with E-state index in [0.29, 0.717) is 18.2 Å². The van der Waals surface area contributed by atoms with Gasteiger partial charge in [-0.05, 0) is 69.3 Å². The Labute approximate surface area is 258 Å². The molecule has 1 aliphatic rings. The molecule has 3 nitrogen and oxygen atoms in total. The predicted molar refractivity (Wildman–Crippen MR) is 185 cm³/mol. The molecule has 0 heterocycles. The van der Waals surface area contributed by atoms with Crippen LogP contribution in [0.25, 0.3) is 33.4 Å². The van der Waals surface area contributed by atoms with Gasteiger partial charge in [0.05, 0.1) is 6.54 Å². The van der Waals surface area contributed by atoms with Crippen LogP contribution < -0.4 is 0 Å². The molecule has 0 N–H and O–H groups in total. The van der Waals surface area contributed by atoms with Crippen molar-refractivity contribution < 1.29 is 0 Å². The van der Waals surface area contributed by atoms with E-state index >= 15 is 0 Å². The van der Waals surface area contributed by atoms with Crippen LogP contribution in [-0.4, -0.2) is 18.4 Å². The molecule has 0 saturated carbocycles. The molecule has 0 saturated heterocycles. The fourth-order valence-corrected chi connectivity index (χ4v) is 5.83. The molecule has 0 aliphatic heterocycles. The average molecular weight is 566 g/mol. The fourth-order valence-electron chi connectivity index (χ4n) is 5.83. The average Bonchev–Trinajstić information content (AvgIpc) is 3.47. The van der Waals surface area contributed by atoms with Crippen molar-refractivity contribution >= 4 is 18.4 Å². The number of hydrogen-bond acceptors (Lipinski definition) is 1. The van der Waals surface area contributed by atoms with E-state index in [1.54, 1.807) is 0 Å². The van der Waals surface area contributed by atoms with Gasteiger partial charge in [-0.15, -0.1) is 0 Å². The molecule has 1 aliphatic carbocycles. The van der Waals surface area contributed by atoms with Crippen molar-refractivity contribution in [3.8, 4) is 33.4 Å². The number of amidine groups is 2. The van der Waals surface area contributed by atoms with Gasteiger partial charge in [-0.1, -0.05) is 146 Å². The molecule has 0 bridgehead atoms. The van der Waals surface area contributed by atoms with Gasteiger partial charge in [0.25, 0.3) is 0 Å². The van der Waals surface area contributed by atoms with Crippen LogP contribution in [-0.2, 0) is 13.0 Å². The monoisotopic (exact) mass is 565 g/mol. The second-order valence-corrected chi connectivity index (χ2v) is 10.9. The van der Waals surface area contributed by atoms with Gasteiger partial charge in [0.2, 0.25) is 0 Å². The Hall–Kier alpha value is -5.67. The van der Waals surface area contributed by atoms with E-state index in [2.05, 4.69) is 121 Å². The first-order chi connectivity index (χ1) is 21.7. The van der Waals surface area contributed by atoms with Crippen molar-refractivity contribution in [1.82, 2.24) is 0 Å². The van der Waals surface area contributed by atoms with Crippen molar-refractivity contribution in [3.63, 3.8) is 0 Å². The van der Waals surface area contributed by atoms with Crippen LogP contribution in [0.3, 0.4) is 0 Å². The Kier molecular flexibility index (Phi) is 7.59. The van der Waals surface area contributed by atoms with Crippen LogP contribution in [0, 0.1) is 0 Å². The van der Waals surface area contributed by atoms with Crippen LogP contribution >= 0.6 is 0 Å². The van der Waals surface area contributed by atoms with E-state index < -0.39 is 0 Å².